The number of carbonyl (C=O) groups excluding carboxylic acids is 1. The molecule has 1 unspecified atom stereocenters. The van der Waals surface area contributed by atoms with Gasteiger partial charge in [-0.2, -0.15) is 13.2 Å². The summed E-state index contributed by atoms with van der Waals surface area (Å²) < 4.78 is 71.3. The fraction of sp³-hybridized carbons (Fsp3) is 0.294. The number of hydrogen-bond donors (Lipinski definition) is 1. The number of sulfonamides is 1. The number of ketones is 1. The summed E-state index contributed by atoms with van der Waals surface area (Å²) in [5.41, 5.74) is 2.42. The molecular formula is C34H34F3N3O3S. The molecule has 1 N–H and O–H groups in total. The minimum absolute atomic E-state index is 0.0256. The topological polar surface area (TPSA) is 79.4 Å². The van der Waals surface area contributed by atoms with Crippen molar-refractivity contribution in [2.24, 2.45) is 0 Å². The lowest BCUT2D eigenvalue weighted by Gasteiger charge is -2.27. The van der Waals surface area contributed by atoms with E-state index in [4.69, 9.17) is 0 Å². The molecule has 0 saturated carbocycles. The third-order valence-electron chi connectivity index (χ3n) is 8.01. The number of hydrogen-bond acceptors (Lipinski definition) is 5. The number of halogens is 3. The van der Waals surface area contributed by atoms with Gasteiger partial charge in [0.15, 0.2) is 0 Å². The molecule has 3 aromatic carbocycles. The molecule has 44 heavy (non-hydrogen) atoms. The van der Waals surface area contributed by atoms with E-state index in [9.17, 15) is 26.4 Å². The summed E-state index contributed by atoms with van der Waals surface area (Å²) >= 11 is 0. The van der Waals surface area contributed by atoms with Crippen molar-refractivity contribution in [1.29, 1.82) is 0 Å². The zero-order valence-electron chi connectivity index (χ0n) is 24.3. The molecular weight excluding hydrogens is 587 g/mol. The van der Waals surface area contributed by atoms with Crippen LogP contribution in [0.5, 0.6) is 0 Å². The zero-order chi connectivity index (χ0) is 31.3. The predicted octanol–water partition coefficient (Wildman–Crippen LogP) is 7.47. The Labute approximate surface area is 256 Å². The predicted molar refractivity (Wildman–Crippen MR) is 165 cm³/mol. The monoisotopic (exact) mass is 621 g/mol. The van der Waals surface area contributed by atoms with Crippen LogP contribution in [-0.4, -0.2) is 37.2 Å². The van der Waals surface area contributed by atoms with Gasteiger partial charge >= 0.3 is 6.18 Å². The lowest BCUT2D eigenvalue weighted by atomic mass is 9.94. The van der Waals surface area contributed by atoms with Crippen LogP contribution in [-0.2, 0) is 33.8 Å². The second-order valence-electron chi connectivity index (χ2n) is 11.1. The fourth-order valence-corrected chi connectivity index (χ4v) is 6.93. The normalized spacial score (nSPS) is 14.8. The van der Waals surface area contributed by atoms with Crippen molar-refractivity contribution in [3.63, 3.8) is 0 Å². The molecule has 1 aliphatic heterocycles. The zero-order valence-corrected chi connectivity index (χ0v) is 25.2. The van der Waals surface area contributed by atoms with Gasteiger partial charge in [0, 0.05) is 42.5 Å². The van der Waals surface area contributed by atoms with Crippen molar-refractivity contribution in [2.45, 2.75) is 56.1 Å². The first-order valence-corrected chi connectivity index (χ1v) is 16.1. The fourth-order valence-electron chi connectivity index (χ4n) is 5.62. The SMILES string of the molecule is CC(c1ccccc1-c1ccc(C(F)(F)F)cc1S(=O)(=O)Nc1ccc(CC(=O)CCc2cccnc2)cc1)N1CCCC1. The Morgan fingerprint density at radius 3 is 2.34 bits per heavy atom. The third-order valence-corrected chi connectivity index (χ3v) is 9.43. The number of alkyl halides is 3. The molecule has 1 fully saturated rings. The molecule has 2 heterocycles. The van der Waals surface area contributed by atoms with Crippen LogP contribution < -0.4 is 4.72 Å². The molecule has 0 bridgehead atoms. The van der Waals surface area contributed by atoms with Crippen LogP contribution >= 0.6 is 0 Å². The molecule has 1 saturated heterocycles. The summed E-state index contributed by atoms with van der Waals surface area (Å²) in [5, 5.41) is 0. The first kappa shape index (κ1) is 31.4. The van der Waals surface area contributed by atoms with Gasteiger partial charge in [0.25, 0.3) is 10.0 Å². The number of carbonyl (C=O) groups is 1. The maximum Gasteiger partial charge on any atom is 0.416 e. The van der Waals surface area contributed by atoms with Crippen LogP contribution in [0.4, 0.5) is 18.9 Å². The molecule has 4 aromatic rings. The number of aryl methyl sites for hydroxylation is 1. The lowest BCUT2D eigenvalue weighted by Crippen LogP contribution is -2.24. The molecule has 0 radical (unpaired) electrons. The van der Waals surface area contributed by atoms with E-state index in [-0.39, 0.29) is 29.5 Å². The molecule has 1 aliphatic rings. The number of Topliss-reactive ketones (excluding diaryl/α,β-unsaturated/α-hetero) is 1. The Morgan fingerprint density at radius 1 is 0.932 bits per heavy atom. The van der Waals surface area contributed by atoms with Gasteiger partial charge in [-0.15, -0.1) is 0 Å². The molecule has 0 amide bonds. The standard InChI is InChI=1S/C34H34F3N3O3S/c1-24(40-19-4-5-20-40)30-8-2-3-9-31(30)32-17-13-27(34(35,36)37)22-33(32)44(42,43)39-28-14-10-25(11-15-28)21-29(41)16-12-26-7-6-18-38-23-26/h2-3,6-11,13-15,17-18,22-24,39H,4-5,12,16,19-21H2,1H3. The van der Waals surface area contributed by atoms with Crippen molar-refractivity contribution in [3.05, 3.63) is 114 Å². The van der Waals surface area contributed by atoms with Gasteiger partial charge in [-0.05, 0) is 91.9 Å². The summed E-state index contributed by atoms with van der Waals surface area (Å²) in [5.74, 6) is 0.0256. The number of nitrogens with zero attached hydrogens (tertiary/aromatic N) is 2. The van der Waals surface area contributed by atoms with Crippen molar-refractivity contribution in [3.8, 4) is 11.1 Å². The van der Waals surface area contributed by atoms with E-state index in [1.54, 1.807) is 36.7 Å². The highest BCUT2D eigenvalue weighted by atomic mass is 32.2. The first-order valence-electron chi connectivity index (χ1n) is 14.6. The highest BCUT2D eigenvalue weighted by Crippen LogP contribution is 2.39. The number of nitrogens with one attached hydrogen (secondary N) is 1. The second kappa shape index (κ2) is 13.3. The van der Waals surface area contributed by atoms with Crippen LogP contribution in [0.25, 0.3) is 11.1 Å². The maximum atomic E-state index is 13.8. The van der Waals surface area contributed by atoms with Gasteiger partial charge < -0.3 is 0 Å². The van der Waals surface area contributed by atoms with E-state index in [1.807, 2.05) is 31.2 Å². The largest absolute Gasteiger partial charge is 0.416 e. The molecule has 10 heteroatoms. The Balaban J connectivity index is 1.40. The van der Waals surface area contributed by atoms with E-state index in [0.717, 1.165) is 43.1 Å². The van der Waals surface area contributed by atoms with Gasteiger partial charge in [-0.1, -0.05) is 48.5 Å². The number of pyridine rings is 1. The number of anilines is 1. The highest BCUT2D eigenvalue weighted by molar-refractivity contribution is 7.92. The summed E-state index contributed by atoms with van der Waals surface area (Å²) in [7, 11) is -4.45. The third kappa shape index (κ3) is 7.54. The van der Waals surface area contributed by atoms with Crippen molar-refractivity contribution in [1.82, 2.24) is 9.88 Å². The van der Waals surface area contributed by atoms with Gasteiger partial charge in [-0.3, -0.25) is 19.4 Å². The van der Waals surface area contributed by atoms with Gasteiger partial charge in [0.2, 0.25) is 0 Å². The van der Waals surface area contributed by atoms with E-state index in [2.05, 4.69) is 14.6 Å². The number of rotatable bonds is 11. The van der Waals surface area contributed by atoms with Gasteiger partial charge in [0.05, 0.1) is 10.5 Å². The smallest absolute Gasteiger partial charge is 0.299 e. The number of likely N-dealkylation sites (tertiary alicyclic amines) is 1. The Hall–Kier alpha value is -4.02. The Bertz CT molecular complexity index is 1700. The van der Waals surface area contributed by atoms with Crippen LogP contribution in [0.1, 0.15) is 54.5 Å². The Kier molecular flexibility index (Phi) is 9.51. The molecule has 0 spiro atoms. The molecule has 1 atom stereocenters. The van der Waals surface area contributed by atoms with Crippen LogP contribution in [0, 0.1) is 0 Å². The van der Waals surface area contributed by atoms with E-state index in [0.29, 0.717) is 30.0 Å². The number of benzene rings is 3. The van der Waals surface area contributed by atoms with Gasteiger partial charge in [0.1, 0.15) is 5.78 Å². The van der Waals surface area contributed by atoms with Crippen LogP contribution in [0.2, 0.25) is 0 Å². The van der Waals surface area contributed by atoms with Crippen molar-refractivity contribution in [2.75, 3.05) is 17.8 Å². The average molecular weight is 622 g/mol. The number of aromatic nitrogens is 1. The summed E-state index contributed by atoms with van der Waals surface area (Å²) in [6.07, 6.45) is 1.89. The first-order chi connectivity index (χ1) is 21.0. The molecule has 1 aromatic heterocycles. The molecule has 6 nitrogen and oxygen atoms in total. The Morgan fingerprint density at radius 2 is 1.66 bits per heavy atom. The average Bonchev–Trinajstić information content (AvgIpc) is 3.56. The van der Waals surface area contributed by atoms with E-state index >= 15 is 0 Å². The minimum Gasteiger partial charge on any atom is -0.299 e. The van der Waals surface area contributed by atoms with Crippen LogP contribution in [0.15, 0.2) is 96.2 Å². The summed E-state index contributed by atoms with van der Waals surface area (Å²) in [6.45, 7) is 3.84. The molecule has 230 valence electrons. The van der Waals surface area contributed by atoms with Gasteiger partial charge in [-0.25, -0.2) is 8.42 Å². The second-order valence-corrected chi connectivity index (χ2v) is 12.7. The van der Waals surface area contributed by atoms with E-state index in [1.165, 1.54) is 18.2 Å². The molecule has 5 rings (SSSR count). The summed E-state index contributed by atoms with van der Waals surface area (Å²) in [4.78, 5) is 18.4. The van der Waals surface area contributed by atoms with E-state index < -0.39 is 26.7 Å². The quantitative estimate of drug-likeness (QED) is 0.188. The lowest BCUT2D eigenvalue weighted by molar-refractivity contribution is -0.137. The minimum atomic E-state index is -4.73. The molecule has 0 aliphatic carbocycles. The van der Waals surface area contributed by atoms with Crippen LogP contribution in [0.3, 0.4) is 0 Å². The maximum absolute atomic E-state index is 13.8. The highest BCUT2D eigenvalue weighted by Gasteiger charge is 2.34. The summed E-state index contributed by atoms with van der Waals surface area (Å²) in [6, 6.07) is 20.1. The van der Waals surface area contributed by atoms with Crippen molar-refractivity contribution >= 4 is 21.5 Å². The van der Waals surface area contributed by atoms with Crippen molar-refractivity contribution < 1.29 is 26.4 Å².